The van der Waals surface area contributed by atoms with Crippen LogP contribution in [-0.2, 0) is 0 Å². The molecule has 1 N–H and O–H groups in total. The fourth-order valence-electron chi connectivity index (χ4n) is 2.36. The lowest BCUT2D eigenvalue weighted by Gasteiger charge is -2.13. The van der Waals surface area contributed by atoms with Crippen molar-refractivity contribution in [3.05, 3.63) is 72.3 Å². The van der Waals surface area contributed by atoms with Gasteiger partial charge in [-0.15, -0.1) is 0 Å². The van der Waals surface area contributed by atoms with Crippen molar-refractivity contribution < 1.29 is 14.2 Å². The molecule has 130 valence electrons. The molecule has 2 aromatic carbocycles. The average Bonchev–Trinajstić information content (AvgIpc) is 3.08. The predicted octanol–water partition coefficient (Wildman–Crippen LogP) is 3.85. The van der Waals surface area contributed by atoms with Gasteiger partial charge >= 0.3 is 0 Å². The highest BCUT2D eigenvalue weighted by molar-refractivity contribution is 7.99. The van der Waals surface area contributed by atoms with Crippen molar-refractivity contribution in [1.82, 2.24) is 9.55 Å². The van der Waals surface area contributed by atoms with Gasteiger partial charge in [0, 0.05) is 18.1 Å². The highest BCUT2D eigenvalue weighted by Gasteiger charge is 2.12. The highest BCUT2D eigenvalue weighted by atomic mass is 32.2. The van der Waals surface area contributed by atoms with Crippen molar-refractivity contribution in [1.29, 1.82) is 0 Å². The maximum absolute atomic E-state index is 12.9. The molecule has 0 amide bonds. The number of aliphatic hydroxyl groups is 1. The van der Waals surface area contributed by atoms with E-state index >= 15 is 0 Å². The Kier molecular flexibility index (Phi) is 5.73. The molecule has 0 aliphatic rings. The molecule has 25 heavy (non-hydrogen) atoms. The summed E-state index contributed by atoms with van der Waals surface area (Å²) in [7, 11) is 0. The van der Waals surface area contributed by atoms with Crippen LogP contribution in [0.25, 0.3) is 5.69 Å². The SMILES string of the molecule is Cc1ccccc1-n1ccnc1SC[C@@H](O)COc1ccc(F)cc1. The number of aryl methyl sites for hydroxylation is 1. The minimum atomic E-state index is -0.655. The van der Waals surface area contributed by atoms with Crippen LogP contribution in [0, 0.1) is 12.7 Å². The summed E-state index contributed by atoms with van der Waals surface area (Å²) in [5.74, 6) is 0.669. The zero-order chi connectivity index (χ0) is 17.6. The Labute approximate surface area is 150 Å². The molecule has 0 aliphatic carbocycles. The Morgan fingerprint density at radius 2 is 1.96 bits per heavy atom. The molecule has 1 heterocycles. The third-order valence-corrected chi connectivity index (χ3v) is 4.75. The molecule has 0 fully saturated rings. The Morgan fingerprint density at radius 1 is 1.20 bits per heavy atom. The maximum Gasteiger partial charge on any atom is 0.172 e. The number of aliphatic hydroxyl groups excluding tert-OH is 1. The number of nitrogens with zero attached hydrogens (tertiary/aromatic N) is 2. The minimum absolute atomic E-state index is 0.143. The zero-order valence-electron chi connectivity index (χ0n) is 13.8. The molecule has 6 heteroatoms. The van der Waals surface area contributed by atoms with Crippen LogP contribution < -0.4 is 4.74 Å². The summed E-state index contributed by atoms with van der Waals surface area (Å²) < 4.78 is 20.3. The van der Waals surface area contributed by atoms with Gasteiger partial charge in [-0.05, 0) is 42.8 Å². The fraction of sp³-hybridized carbons (Fsp3) is 0.211. The van der Waals surface area contributed by atoms with Crippen LogP contribution in [0.15, 0.2) is 66.1 Å². The highest BCUT2D eigenvalue weighted by Crippen LogP contribution is 2.23. The molecule has 0 saturated heterocycles. The maximum atomic E-state index is 12.9. The smallest absolute Gasteiger partial charge is 0.172 e. The molecule has 3 rings (SSSR count). The van der Waals surface area contributed by atoms with E-state index in [2.05, 4.69) is 18.0 Å². The third-order valence-electron chi connectivity index (χ3n) is 3.64. The second-order valence-electron chi connectivity index (χ2n) is 5.60. The van der Waals surface area contributed by atoms with E-state index in [4.69, 9.17) is 4.74 Å². The second-order valence-corrected chi connectivity index (χ2v) is 6.58. The molecule has 0 bridgehead atoms. The fourth-order valence-corrected chi connectivity index (χ4v) is 3.23. The van der Waals surface area contributed by atoms with Crippen LogP contribution >= 0.6 is 11.8 Å². The molecule has 0 unspecified atom stereocenters. The van der Waals surface area contributed by atoms with E-state index in [1.807, 2.05) is 29.0 Å². The van der Waals surface area contributed by atoms with Gasteiger partial charge in [-0.1, -0.05) is 30.0 Å². The van der Waals surface area contributed by atoms with Gasteiger partial charge in [0.25, 0.3) is 0 Å². The number of aromatic nitrogens is 2. The molecule has 1 aromatic heterocycles. The monoisotopic (exact) mass is 358 g/mol. The molecule has 0 saturated carbocycles. The number of para-hydroxylation sites is 1. The van der Waals surface area contributed by atoms with Crippen molar-refractivity contribution in [3.8, 4) is 11.4 Å². The van der Waals surface area contributed by atoms with Crippen molar-refractivity contribution in [2.24, 2.45) is 0 Å². The Hall–Kier alpha value is -2.31. The number of thioether (sulfide) groups is 1. The molecule has 0 radical (unpaired) electrons. The van der Waals surface area contributed by atoms with Crippen LogP contribution in [0.3, 0.4) is 0 Å². The normalized spacial score (nSPS) is 12.1. The molecule has 0 aliphatic heterocycles. The van der Waals surface area contributed by atoms with Crippen LogP contribution in [0.1, 0.15) is 5.56 Å². The number of hydrogen-bond donors (Lipinski definition) is 1. The van der Waals surface area contributed by atoms with Crippen LogP contribution in [0.5, 0.6) is 5.75 Å². The lowest BCUT2D eigenvalue weighted by Crippen LogP contribution is -2.20. The summed E-state index contributed by atoms with van der Waals surface area (Å²) in [5, 5.41) is 10.9. The molecule has 4 nitrogen and oxygen atoms in total. The zero-order valence-corrected chi connectivity index (χ0v) is 14.6. The molecule has 1 atom stereocenters. The van der Waals surface area contributed by atoms with Gasteiger partial charge in [0.2, 0.25) is 0 Å². The number of hydrogen-bond acceptors (Lipinski definition) is 4. The molecule has 3 aromatic rings. The van der Waals surface area contributed by atoms with Gasteiger partial charge in [0.1, 0.15) is 18.2 Å². The number of imidazole rings is 1. The quantitative estimate of drug-likeness (QED) is 0.652. The molecule has 0 spiro atoms. The summed E-state index contributed by atoms with van der Waals surface area (Å²) >= 11 is 1.46. The lowest BCUT2D eigenvalue weighted by atomic mass is 10.2. The van der Waals surface area contributed by atoms with E-state index in [-0.39, 0.29) is 12.4 Å². The van der Waals surface area contributed by atoms with E-state index in [0.29, 0.717) is 11.5 Å². The van der Waals surface area contributed by atoms with Gasteiger partial charge in [-0.2, -0.15) is 0 Å². The van der Waals surface area contributed by atoms with Crippen molar-refractivity contribution in [2.45, 2.75) is 18.2 Å². The number of rotatable bonds is 7. The summed E-state index contributed by atoms with van der Waals surface area (Å²) in [4.78, 5) is 4.37. The van der Waals surface area contributed by atoms with E-state index in [1.165, 1.54) is 23.9 Å². The van der Waals surface area contributed by atoms with Crippen LogP contribution in [0.4, 0.5) is 4.39 Å². The number of halogens is 1. The van der Waals surface area contributed by atoms with Gasteiger partial charge in [0.15, 0.2) is 5.16 Å². The summed E-state index contributed by atoms with van der Waals surface area (Å²) in [6, 6.07) is 13.8. The van der Waals surface area contributed by atoms with Gasteiger partial charge < -0.3 is 9.84 Å². The molecular formula is C19H19FN2O2S. The Morgan fingerprint density at radius 3 is 2.72 bits per heavy atom. The minimum Gasteiger partial charge on any atom is -0.491 e. The van der Waals surface area contributed by atoms with Crippen molar-refractivity contribution >= 4 is 11.8 Å². The first-order chi connectivity index (χ1) is 12.1. The first-order valence-electron chi connectivity index (χ1n) is 7.92. The van der Waals surface area contributed by atoms with E-state index in [1.54, 1.807) is 18.3 Å². The van der Waals surface area contributed by atoms with Crippen LogP contribution in [-0.4, -0.2) is 33.1 Å². The van der Waals surface area contributed by atoms with Crippen molar-refractivity contribution in [3.63, 3.8) is 0 Å². The average molecular weight is 358 g/mol. The van der Waals surface area contributed by atoms with Gasteiger partial charge in [0.05, 0.1) is 11.8 Å². The number of ether oxygens (including phenoxy) is 1. The van der Waals surface area contributed by atoms with Crippen molar-refractivity contribution in [2.75, 3.05) is 12.4 Å². The Balaban J connectivity index is 1.56. The summed E-state index contributed by atoms with van der Waals surface area (Å²) in [5.41, 5.74) is 2.22. The van der Waals surface area contributed by atoms with Crippen LogP contribution in [0.2, 0.25) is 0 Å². The largest absolute Gasteiger partial charge is 0.491 e. The second kappa shape index (κ2) is 8.18. The van der Waals surface area contributed by atoms with E-state index in [9.17, 15) is 9.50 Å². The molecular weight excluding hydrogens is 339 g/mol. The van der Waals surface area contributed by atoms with E-state index < -0.39 is 6.10 Å². The predicted molar refractivity (Wildman–Crippen MR) is 96.9 cm³/mol. The summed E-state index contributed by atoms with van der Waals surface area (Å²) in [6.45, 7) is 2.19. The van der Waals surface area contributed by atoms with Gasteiger partial charge in [-0.25, -0.2) is 9.37 Å². The first kappa shape index (κ1) is 17.5. The number of benzene rings is 2. The summed E-state index contributed by atoms with van der Waals surface area (Å²) in [6.07, 6.45) is 3.00. The standard InChI is InChI=1S/C19H19FN2O2S/c1-14-4-2-3-5-18(14)22-11-10-21-19(22)25-13-16(23)12-24-17-8-6-15(20)7-9-17/h2-11,16,23H,12-13H2,1H3/t16-/m0/s1. The third kappa shape index (κ3) is 4.61. The lowest BCUT2D eigenvalue weighted by molar-refractivity contribution is 0.126. The van der Waals surface area contributed by atoms with E-state index in [0.717, 1.165) is 16.4 Å². The van der Waals surface area contributed by atoms with Gasteiger partial charge in [-0.3, -0.25) is 4.57 Å². The first-order valence-corrected chi connectivity index (χ1v) is 8.90. The Bertz CT molecular complexity index is 820. The topological polar surface area (TPSA) is 47.3 Å².